The van der Waals surface area contributed by atoms with Crippen LogP contribution in [0.5, 0.6) is 5.75 Å². The van der Waals surface area contributed by atoms with Crippen LogP contribution in [0.3, 0.4) is 0 Å². The summed E-state index contributed by atoms with van der Waals surface area (Å²) >= 11 is 0. The Morgan fingerprint density at radius 1 is 1.41 bits per heavy atom. The Balaban J connectivity index is 2.21. The summed E-state index contributed by atoms with van der Waals surface area (Å²) in [6.07, 6.45) is 1.65. The molecule has 0 aliphatic heterocycles. The molecule has 1 aromatic carbocycles. The quantitative estimate of drug-likeness (QED) is 0.798. The third-order valence-electron chi connectivity index (χ3n) is 2.77. The SMILES string of the molecule is COc1cccc(S(=O)(=O)CC(=O)C2CC2)c1. The highest BCUT2D eigenvalue weighted by Crippen LogP contribution is 2.31. The Morgan fingerprint density at radius 2 is 2.12 bits per heavy atom. The molecule has 4 nitrogen and oxygen atoms in total. The largest absolute Gasteiger partial charge is 0.497 e. The first kappa shape index (κ1) is 12.1. The predicted octanol–water partition coefficient (Wildman–Crippen LogP) is 1.45. The number of carbonyl (C=O) groups excluding carboxylic acids is 1. The summed E-state index contributed by atoms with van der Waals surface area (Å²) in [4.78, 5) is 11.7. The van der Waals surface area contributed by atoms with E-state index in [1.54, 1.807) is 12.1 Å². The van der Waals surface area contributed by atoms with Crippen molar-refractivity contribution in [2.45, 2.75) is 17.7 Å². The Kier molecular flexibility index (Phi) is 3.19. The van der Waals surface area contributed by atoms with E-state index < -0.39 is 15.6 Å². The smallest absolute Gasteiger partial charge is 0.185 e. The first-order valence-electron chi connectivity index (χ1n) is 5.42. The van der Waals surface area contributed by atoms with Crippen molar-refractivity contribution in [3.63, 3.8) is 0 Å². The molecule has 2 rings (SSSR count). The second-order valence-corrected chi connectivity index (χ2v) is 6.17. The number of benzene rings is 1. The molecule has 1 aliphatic carbocycles. The van der Waals surface area contributed by atoms with Crippen molar-refractivity contribution in [2.75, 3.05) is 12.9 Å². The number of ether oxygens (including phenoxy) is 1. The van der Waals surface area contributed by atoms with E-state index in [1.807, 2.05) is 0 Å². The molecule has 0 amide bonds. The summed E-state index contributed by atoms with van der Waals surface area (Å²) < 4.78 is 28.9. The van der Waals surface area contributed by atoms with Gasteiger partial charge in [0.15, 0.2) is 15.6 Å². The highest BCUT2D eigenvalue weighted by Gasteiger charge is 2.33. The first-order chi connectivity index (χ1) is 8.03. The fraction of sp³-hybridized carbons (Fsp3) is 0.417. The lowest BCUT2D eigenvalue weighted by Gasteiger charge is -2.05. The molecule has 0 bridgehead atoms. The number of carbonyl (C=O) groups is 1. The number of Topliss-reactive ketones (excluding diaryl/α,β-unsaturated/α-hetero) is 1. The van der Waals surface area contributed by atoms with Crippen LogP contribution in [-0.4, -0.2) is 27.1 Å². The molecule has 0 saturated heterocycles. The van der Waals surface area contributed by atoms with Crippen molar-refractivity contribution >= 4 is 15.6 Å². The monoisotopic (exact) mass is 254 g/mol. The van der Waals surface area contributed by atoms with Crippen LogP contribution < -0.4 is 4.74 Å². The molecule has 17 heavy (non-hydrogen) atoms. The van der Waals surface area contributed by atoms with E-state index in [0.29, 0.717) is 5.75 Å². The van der Waals surface area contributed by atoms with Crippen LogP contribution in [0.4, 0.5) is 0 Å². The fourth-order valence-corrected chi connectivity index (χ4v) is 2.95. The first-order valence-corrected chi connectivity index (χ1v) is 7.07. The third-order valence-corrected chi connectivity index (χ3v) is 4.40. The fourth-order valence-electron chi connectivity index (χ4n) is 1.59. The summed E-state index contributed by atoms with van der Waals surface area (Å²) in [5, 5.41) is 0. The van der Waals surface area contributed by atoms with Crippen LogP contribution in [0, 0.1) is 5.92 Å². The summed E-state index contributed by atoms with van der Waals surface area (Å²) in [6, 6.07) is 6.20. The normalized spacial score (nSPS) is 15.6. The van der Waals surface area contributed by atoms with Gasteiger partial charge < -0.3 is 4.74 Å². The average Bonchev–Trinajstić information content (AvgIpc) is 3.12. The molecule has 92 valence electrons. The van der Waals surface area contributed by atoms with Gasteiger partial charge in [-0.1, -0.05) is 6.07 Å². The molecule has 1 fully saturated rings. The van der Waals surface area contributed by atoms with Gasteiger partial charge in [-0.05, 0) is 31.0 Å². The van der Waals surface area contributed by atoms with Gasteiger partial charge in [0.2, 0.25) is 0 Å². The van der Waals surface area contributed by atoms with Crippen molar-refractivity contribution in [1.82, 2.24) is 0 Å². The highest BCUT2D eigenvalue weighted by atomic mass is 32.2. The number of hydrogen-bond donors (Lipinski definition) is 0. The summed E-state index contributed by atoms with van der Waals surface area (Å²) in [6.45, 7) is 0. The highest BCUT2D eigenvalue weighted by molar-refractivity contribution is 7.92. The zero-order chi connectivity index (χ0) is 12.5. The van der Waals surface area contributed by atoms with E-state index in [-0.39, 0.29) is 16.6 Å². The predicted molar refractivity (Wildman–Crippen MR) is 62.8 cm³/mol. The molecule has 0 N–H and O–H groups in total. The topological polar surface area (TPSA) is 60.4 Å². The summed E-state index contributed by atoms with van der Waals surface area (Å²) in [7, 11) is -2.05. The molecule has 0 aromatic heterocycles. The van der Waals surface area contributed by atoms with Gasteiger partial charge in [0.05, 0.1) is 12.0 Å². The Morgan fingerprint density at radius 3 is 2.71 bits per heavy atom. The van der Waals surface area contributed by atoms with Gasteiger partial charge >= 0.3 is 0 Å². The zero-order valence-corrected chi connectivity index (χ0v) is 10.4. The second kappa shape index (κ2) is 4.49. The molecule has 1 aliphatic rings. The lowest BCUT2D eigenvalue weighted by Crippen LogP contribution is -2.17. The van der Waals surface area contributed by atoms with Crippen LogP contribution in [0.1, 0.15) is 12.8 Å². The lowest BCUT2D eigenvalue weighted by molar-refractivity contribution is -0.117. The van der Waals surface area contributed by atoms with Crippen molar-refractivity contribution in [2.24, 2.45) is 5.92 Å². The molecule has 1 saturated carbocycles. The van der Waals surface area contributed by atoms with Gasteiger partial charge in [0.1, 0.15) is 11.5 Å². The minimum absolute atomic E-state index is 0.0321. The van der Waals surface area contributed by atoms with E-state index in [2.05, 4.69) is 0 Å². The zero-order valence-electron chi connectivity index (χ0n) is 9.55. The van der Waals surface area contributed by atoms with Gasteiger partial charge in [-0.15, -0.1) is 0 Å². The number of ketones is 1. The molecular weight excluding hydrogens is 240 g/mol. The maximum Gasteiger partial charge on any atom is 0.185 e. The van der Waals surface area contributed by atoms with Crippen LogP contribution >= 0.6 is 0 Å². The third kappa shape index (κ3) is 2.85. The van der Waals surface area contributed by atoms with E-state index in [4.69, 9.17) is 4.74 Å². The summed E-state index contributed by atoms with van der Waals surface area (Å²) in [5.41, 5.74) is 0. The molecule has 0 unspecified atom stereocenters. The molecule has 5 heteroatoms. The number of sulfone groups is 1. The number of hydrogen-bond acceptors (Lipinski definition) is 4. The Hall–Kier alpha value is -1.36. The second-order valence-electron chi connectivity index (χ2n) is 4.18. The van der Waals surface area contributed by atoms with Crippen molar-refractivity contribution in [1.29, 1.82) is 0 Å². The van der Waals surface area contributed by atoms with Crippen molar-refractivity contribution in [3.05, 3.63) is 24.3 Å². The standard InChI is InChI=1S/C12H14O4S/c1-16-10-3-2-4-11(7-10)17(14,15)8-12(13)9-5-6-9/h2-4,7,9H,5-6,8H2,1H3. The van der Waals surface area contributed by atoms with Crippen molar-refractivity contribution < 1.29 is 17.9 Å². The minimum Gasteiger partial charge on any atom is -0.497 e. The van der Waals surface area contributed by atoms with Gasteiger partial charge in [-0.3, -0.25) is 4.79 Å². The van der Waals surface area contributed by atoms with Crippen molar-refractivity contribution in [3.8, 4) is 5.75 Å². The molecule has 1 aromatic rings. The number of rotatable bonds is 5. The lowest BCUT2D eigenvalue weighted by atomic mass is 10.3. The average molecular weight is 254 g/mol. The molecule has 0 heterocycles. The van der Waals surface area contributed by atoms with Crippen LogP contribution in [0.15, 0.2) is 29.2 Å². The van der Waals surface area contributed by atoms with Gasteiger partial charge in [-0.25, -0.2) is 8.42 Å². The maximum absolute atomic E-state index is 12.0. The van der Waals surface area contributed by atoms with E-state index >= 15 is 0 Å². The Labute approximate surface area is 101 Å². The molecule has 0 atom stereocenters. The number of methoxy groups -OCH3 is 1. The molecule has 0 radical (unpaired) electrons. The van der Waals surface area contributed by atoms with Gasteiger partial charge in [0, 0.05) is 5.92 Å². The molecule has 0 spiro atoms. The minimum atomic E-state index is -3.53. The van der Waals surface area contributed by atoms with E-state index in [9.17, 15) is 13.2 Å². The van der Waals surface area contributed by atoms with Gasteiger partial charge in [-0.2, -0.15) is 0 Å². The van der Waals surface area contributed by atoms with E-state index in [1.165, 1.54) is 19.2 Å². The van der Waals surface area contributed by atoms with E-state index in [0.717, 1.165) is 12.8 Å². The van der Waals surface area contributed by atoms with Crippen LogP contribution in [0.2, 0.25) is 0 Å². The maximum atomic E-state index is 12.0. The Bertz CT molecular complexity index is 529. The van der Waals surface area contributed by atoms with Gasteiger partial charge in [0.25, 0.3) is 0 Å². The van der Waals surface area contributed by atoms with Crippen LogP contribution in [0.25, 0.3) is 0 Å². The summed E-state index contributed by atoms with van der Waals surface area (Å²) in [5.74, 6) is -0.127. The molecular formula is C12H14O4S. The van der Waals surface area contributed by atoms with Crippen LogP contribution in [-0.2, 0) is 14.6 Å².